The molecule has 2 N–H and O–H groups in total. The van der Waals surface area contributed by atoms with Crippen LogP contribution in [0.25, 0.3) is 0 Å². The lowest BCUT2D eigenvalue weighted by atomic mass is 10.3. The first-order chi connectivity index (χ1) is 4.98. The van der Waals surface area contributed by atoms with Gasteiger partial charge in [-0.15, -0.1) is 0 Å². The van der Waals surface area contributed by atoms with Gasteiger partial charge in [-0.3, -0.25) is 0 Å². The van der Waals surface area contributed by atoms with E-state index in [-0.39, 0.29) is 0 Å². The van der Waals surface area contributed by atoms with Gasteiger partial charge in [0.25, 0.3) is 0 Å². The fraction of sp³-hybridized carbons (Fsp3) is 1.00. The molecule has 11 heavy (non-hydrogen) atoms. The Bertz CT molecular complexity index is 104. The molecule has 0 rings (SSSR count). The van der Waals surface area contributed by atoms with Gasteiger partial charge in [-0.25, -0.2) is 0 Å². The molecule has 0 aliphatic carbocycles. The molecule has 0 aromatic carbocycles. The highest BCUT2D eigenvalue weighted by Gasteiger charge is 2.36. The summed E-state index contributed by atoms with van der Waals surface area (Å²) in [5.41, 5.74) is 4.74. The minimum Gasteiger partial charge on any atom is -0.379 e. The van der Waals surface area contributed by atoms with Crippen molar-refractivity contribution >= 4 is 0 Å². The van der Waals surface area contributed by atoms with Gasteiger partial charge in [0.2, 0.25) is 0 Å². The number of rotatable bonds is 4. The highest BCUT2D eigenvalue weighted by Crippen LogP contribution is 2.18. The SMILES string of the molecule is CCCOCC(N)C(F)(F)F. The molecule has 1 unspecified atom stereocenters. The van der Waals surface area contributed by atoms with E-state index in [0.717, 1.165) is 0 Å². The Labute approximate surface area is 63.5 Å². The number of halogens is 3. The average molecular weight is 171 g/mol. The normalized spacial score (nSPS) is 15.0. The third-order valence-corrected chi connectivity index (χ3v) is 1.07. The van der Waals surface area contributed by atoms with E-state index in [2.05, 4.69) is 4.74 Å². The zero-order valence-electron chi connectivity index (χ0n) is 6.32. The van der Waals surface area contributed by atoms with E-state index in [0.29, 0.717) is 13.0 Å². The predicted molar refractivity (Wildman–Crippen MR) is 35.1 cm³/mol. The summed E-state index contributed by atoms with van der Waals surface area (Å²) >= 11 is 0. The third kappa shape index (κ3) is 5.03. The van der Waals surface area contributed by atoms with Gasteiger partial charge in [-0.05, 0) is 6.42 Å². The van der Waals surface area contributed by atoms with Crippen molar-refractivity contribution in [2.45, 2.75) is 25.6 Å². The Kier molecular flexibility index (Phi) is 4.44. The second-order valence-corrected chi connectivity index (χ2v) is 2.22. The van der Waals surface area contributed by atoms with Crippen molar-refractivity contribution in [3.05, 3.63) is 0 Å². The first kappa shape index (κ1) is 10.7. The van der Waals surface area contributed by atoms with Crippen LogP contribution < -0.4 is 5.73 Å². The van der Waals surface area contributed by atoms with Crippen LogP contribution in [-0.4, -0.2) is 25.4 Å². The van der Waals surface area contributed by atoms with Gasteiger partial charge < -0.3 is 10.5 Å². The Morgan fingerprint density at radius 1 is 1.45 bits per heavy atom. The molecular weight excluding hydrogens is 159 g/mol. The summed E-state index contributed by atoms with van der Waals surface area (Å²) in [5.74, 6) is 0. The third-order valence-electron chi connectivity index (χ3n) is 1.07. The number of nitrogens with two attached hydrogens (primary N) is 1. The smallest absolute Gasteiger partial charge is 0.379 e. The summed E-state index contributed by atoms with van der Waals surface area (Å²) in [4.78, 5) is 0. The van der Waals surface area contributed by atoms with Gasteiger partial charge in [-0.2, -0.15) is 13.2 Å². The molecule has 0 amide bonds. The standard InChI is InChI=1S/C6H12F3NO/c1-2-3-11-4-5(10)6(7,8)9/h5H,2-4,10H2,1H3. The molecule has 0 spiro atoms. The lowest BCUT2D eigenvalue weighted by molar-refractivity contribution is -0.159. The molecule has 1 atom stereocenters. The Morgan fingerprint density at radius 2 is 2.00 bits per heavy atom. The predicted octanol–water partition coefficient (Wildman–Crippen LogP) is 1.30. The maximum absolute atomic E-state index is 11.7. The van der Waals surface area contributed by atoms with Crippen LogP contribution in [0.4, 0.5) is 13.2 Å². The maximum atomic E-state index is 11.7. The van der Waals surface area contributed by atoms with E-state index in [9.17, 15) is 13.2 Å². The molecule has 0 saturated heterocycles. The monoisotopic (exact) mass is 171 g/mol. The Morgan fingerprint density at radius 3 is 2.36 bits per heavy atom. The van der Waals surface area contributed by atoms with Crippen molar-refractivity contribution in [2.24, 2.45) is 5.73 Å². The number of alkyl halides is 3. The molecule has 0 aromatic heterocycles. The molecule has 0 heterocycles. The highest BCUT2D eigenvalue weighted by molar-refractivity contribution is 4.68. The van der Waals surface area contributed by atoms with Gasteiger partial charge in [0, 0.05) is 6.61 Å². The van der Waals surface area contributed by atoms with Crippen LogP contribution >= 0.6 is 0 Å². The lowest BCUT2D eigenvalue weighted by Gasteiger charge is -2.14. The van der Waals surface area contributed by atoms with Crippen molar-refractivity contribution in [2.75, 3.05) is 13.2 Å². The van der Waals surface area contributed by atoms with Gasteiger partial charge in [0.1, 0.15) is 6.04 Å². The van der Waals surface area contributed by atoms with Gasteiger partial charge in [-0.1, -0.05) is 6.92 Å². The van der Waals surface area contributed by atoms with E-state index in [4.69, 9.17) is 5.73 Å². The van der Waals surface area contributed by atoms with E-state index in [1.807, 2.05) is 6.92 Å². The van der Waals surface area contributed by atoms with Crippen molar-refractivity contribution < 1.29 is 17.9 Å². The van der Waals surface area contributed by atoms with E-state index >= 15 is 0 Å². The van der Waals surface area contributed by atoms with Gasteiger partial charge in [0.15, 0.2) is 0 Å². The van der Waals surface area contributed by atoms with Crippen LogP contribution in [0.3, 0.4) is 0 Å². The summed E-state index contributed by atoms with van der Waals surface area (Å²) in [7, 11) is 0. The second kappa shape index (κ2) is 4.56. The Hall–Kier alpha value is -0.290. The molecule has 5 heteroatoms. The van der Waals surface area contributed by atoms with Gasteiger partial charge in [0.05, 0.1) is 6.61 Å². The topological polar surface area (TPSA) is 35.2 Å². The molecular formula is C6H12F3NO. The van der Waals surface area contributed by atoms with Crippen molar-refractivity contribution in [3.63, 3.8) is 0 Å². The van der Waals surface area contributed by atoms with Crippen LogP contribution in [0.5, 0.6) is 0 Å². The first-order valence-electron chi connectivity index (χ1n) is 3.38. The summed E-state index contributed by atoms with van der Waals surface area (Å²) in [6, 6.07) is -1.85. The number of ether oxygens (including phenoxy) is 1. The maximum Gasteiger partial charge on any atom is 0.405 e. The summed E-state index contributed by atoms with van der Waals surface area (Å²) in [6.45, 7) is 1.69. The van der Waals surface area contributed by atoms with Crippen LogP contribution in [0, 0.1) is 0 Å². The minimum absolute atomic E-state index is 0.323. The molecule has 0 aromatic rings. The zero-order chi connectivity index (χ0) is 8.91. The highest BCUT2D eigenvalue weighted by atomic mass is 19.4. The fourth-order valence-corrected chi connectivity index (χ4v) is 0.449. The molecule has 0 saturated carbocycles. The summed E-state index contributed by atoms with van der Waals surface area (Å²) in [5, 5.41) is 0. The molecule has 0 aliphatic rings. The van der Waals surface area contributed by atoms with Crippen molar-refractivity contribution in [3.8, 4) is 0 Å². The van der Waals surface area contributed by atoms with Crippen LogP contribution in [0.1, 0.15) is 13.3 Å². The number of hydrogen-bond donors (Lipinski definition) is 1. The van der Waals surface area contributed by atoms with Crippen LogP contribution in [0.15, 0.2) is 0 Å². The van der Waals surface area contributed by atoms with Crippen molar-refractivity contribution in [1.82, 2.24) is 0 Å². The fourth-order valence-electron chi connectivity index (χ4n) is 0.449. The molecule has 0 bridgehead atoms. The van der Waals surface area contributed by atoms with E-state index in [1.54, 1.807) is 0 Å². The lowest BCUT2D eigenvalue weighted by Crippen LogP contribution is -2.41. The first-order valence-corrected chi connectivity index (χ1v) is 3.38. The quantitative estimate of drug-likeness (QED) is 0.647. The molecule has 0 radical (unpaired) electrons. The Balaban J connectivity index is 3.44. The molecule has 0 fully saturated rings. The van der Waals surface area contributed by atoms with Gasteiger partial charge >= 0.3 is 6.18 Å². The van der Waals surface area contributed by atoms with E-state index < -0.39 is 18.8 Å². The van der Waals surface area contributed by atoms with Crippen LogP contribution in [-0.2, 0) is 4.74 Å². The molecule has 0 aliphatic heterocycles. The van der Waals surface area contributed by atoms with Crippen LogP contribution in [0.2, 0.25) is 0 Å². The molecule has 2 nitrogen and oxygen atoms in total. The van der Waals surface area contributed by atoms with Crippen molar-refractivity contribution in [1.29, 1.82) is 0 Å². The minimum atomic E-state index is -4.34. The zero-order valence-corrected chi connectivity index (χ0v) is 6.32. The second-order valence-electron chi connectivity index (χ2n) is 2.22. The number of hydrogen-bond acceptors (Lipinski definition) is 2. The largest absolute Gasteiger partial charge is 0.405 e. The summed E-state index contributed by atoms with van der Waals surface area (Å²) < 4.78 is 39.6. The molecule has 68 valence electrons. The summed E-state index contributed by atoms with van der Waals surface area (Å²) in [6.07, 6.45) is -3.64. The van der Waals surface area contributed by atoms with E-state index in [1.165, 1.54) is 0 Å². The average Bonchev–Trinajstić information content (AvgIpc) is 1.86.